The second-order valence-corrected chi connectivity index (χ2v) is 9.01. The molecule has 0 fully saturated rings. The molecule has 0 saturated carbocycles. The van der Waals surface area contributed by atoms with Crippen molar-refractivity contribution in [2.45, 2.75) is 30.7 Å². The van der Waals surface area contributed by atoms with Crippen molar-refractivity contribution in [3.8, 4) is 5.75 Å². The van der Waals surface area contributed by atoms with Crippen molar-refractivity contribution in [1.29, 1.82) is 0 Å². The van der Waals surface area contributed by atoms with Gasteiger partial charge in [-0.25, -0.2) is 8.42 Å². The molecule has 2 amide bonds. The summed E-state index contributed by atoms with van der Waals surface area (Å²) in [6, 6.07) is 13.4. The Bertz CT molecular complexity index is 1000. The fraction of sp³-hybridized carbons (Fsp3) is 0.333. The molecule has 2 aromatic rings. The third kappa shape index (κ3) is 5.14. The number of rotatable bonds is 6. The molecular formula is C21H24N2O5S. The number of fused-ring (bicyclic) bond motifs is 1. The van der Waals surface area contributed by atoms with E-state index in [-0.39, 0.29) is 35.6 Å². The van der Waals surface area contributed by atoms with Gasteiger partial charge in [0.1, 0.15) is 12.4 Å². The lowest BCUT2D eigenvalue weighted by atomic mass is 10.1. The monoisotopic (exact) mass is 416 g/mol. The summed E-state index contributed by atoms with van der Waals surface area (Å²) in [4.78, 5) is 26.8. The SMILES string of the molecule is CC(NC(=O)CCC(=O)N1CCOc2ccccc21)c1ccc(S(C)(=O)=O)cc1. The molecule has 154 valence electrons. The Morgan fingerprint density at radius 1 is 1.10 bits per heavy atom. The normalized spacial score (nSPS) is 14.5. The van der Waals surface area contributed by atoms with Gasteiger partial charge in [-0.2, -0.15) is 0 Å². The van der Waals surface area contributed by atoms with Crippen LogP contribution >= 0.6 is 0 Å². The molecule has 1 atom stereocenters. The summed E-state index contributed by atoms with van der Waals surface area (Å²) in [6.07, 6.45) is 1.32. The first-order valence-electron chi connectivity index (χ1n) is 9.37. The number of hydrogen-bond donors (Lipinski definition) is 1. The first-order valence-corrected chi connectivity index (χ1v) is 11.3. The number of hydrogen-bond acceptors (Lipinski definition) is 5. The van der Waals surface area contributed by atoms with Gasteiger partial charge < -0.3 is 15.0 Å². The van der Waals surface area contributed by atoms with Gasteiger partial charge in [-0.3, -0.25) is 9.59 Å². The number of carbonyl (C=O) groups excluding carboxylic acids is 2. The van der Waals surface area contributed by atoms with Crippen LogP contribution in [0.3, 0.4) is 0 Å². The molecule has 0 saturated heterocycles. The molecule has 1 N–H and O–H groups in total. The van der Waals surface area contributed by atoms with Crippen molar-refractivity contribution in [1.82, 2.24) is 5.32 Å². The van der Waals surface area contributed by atoms with Crippen LogP contribution in [0.2, 0.25) is 0 Å². The van der Waals surface area contributed by atoms with E-state index in [1.807, 2.05) is 31.2 Å². The van der Waals surface area contributed by atoms with E-state index in [1.54, 1.807) is 17.0 Å². The van der Waals surface area contributed by atoms with Crippen LogP contribution in [0.25, 0.3) is 0 Å². The van der Waals surface area contributed by atoms with Crippen molar-refractivity contribution in [3.63, 3.8) is 0 Å². The summed E-state index contributed by atoms with van der Waals surface area (Å²) in [5, 5.41) is 2.85. The number of carbonyl (C=O) groups is 2. The molecule has 7 nitrogen and oxygen atoms in total. The molecule has 1 unspecified atom stereocenters. The molecule has 0 spiro atoms. The molecule has 0 bridgehead atoms. The second-order valence-electron chi connectivity index (χ2n) is 6.99. The largest absolute Gasteiger partial charge is 0.490 e. The number of ether oxygens (including phenoxy) is 1. The lowest BCUT2D eigenvalue weighted by molar-refractivity contribution is -0.125. The first-order chi connectivity index (χ1) is 13.8. The van der Waals surface area contributed by atoms with E-state index >= 15 is 0 Å². The zero-order chi connectivity index (χ0) is 21.0. The molecular weight excluding hydrogens is 392 g/mol. The van der Waals surface area contributed by atoms with E-state index in [0.717, 1.165) is 17.5 Å². The highest BCUT2D eigenvalue weighted by molar-refractivity contribution is 7.90. The van der Waals surface area contributed by atoms with Crippen molar-refractivity contribution in [3.05, 3.63) is 54.1 Å². The van der Waals surface area contributed by atoms with Gasteiger partial charge in [0.2, 0.25) is 11.8 Å². The van der Waals surface area contributed by atoms with Crippen molar-refractivity contribution in [2.24, 2.45) is 0 Å². The third-order valence-corrected chi connectivity index (χ3v) is 5.91. The highest BCUT2D eigenvalue weighted by Crippen LogP contribution is 2.31. The number of nitrogens with zero attached hydrogens (tertiary/aromatic N) is 1. The van der Waals surface area contributed by atoms with Crippen LogP contribution in [0.15, 0.2) is 53.4 Å². The summed E-state index contributed by atoms with van der Waals surface area (Å²) in [5.41, 5.74) is 1.52. The maximum atomic E-state index is 12.6. The van der Waals surface area contributed by atoms with Gasteiger partial charge in [-0.1, -0.05) is 24.3 Å². The minimum atomic E-state index is -3.26. The number of para-hydroxylation sites is 2. The summed E-state index contributed by atoms with van der Waals surface area (Å²) in [5.74, 6) is 0.309. The predicted molar refractivity (Wildman–Crippen MR) is 110 cm³/mol. The number of anilines is 1. The highest BCUT2D eigenvalue weighted by atomic mass is 32.2. The second kappa shape index (κ2) is 8.65. The molecule has 3 rings (SSSR count). The lowest BCUT2D eigenvalue weighted by Gasteiger charge is -2.29. The lowest BCUT2D eigenvalue weighted by Crippen LogP contribution is -2.38. The van der Waals surface area contributed by atoms with E-state index in [0.29, 0.717) is 18.9 Å². The Morgan fingerprint density at radius 3 is 2.48 bits per heavy atom. The number of amides is 2. The summed E-state index contributed by atoms with van der Waals surface area (Å²) in [6.45, 7) is 2.70. The Morgan fingerprint density at radius 2 is 1.79 bits per heavy atom. The maximum Gasteiger partial charge on any atom is 0.227 e. The molecule has 8 heteroatoms. The van der Waals surface area contributed by atoms with E-state index < -0.39 is 9.84 Å². The van der Waals surface area contributed by atoms with Crippen LogP contribution in [0, 0.1) is 0 Å². The van der Waals surface area contributed by atoms with E-state index in [2.05, 4.69) is 5.32 Å². The zero-order valence-corrected chi connectivity index (χ0v) is 17.2. The number of benzene rings is 2. The molecule has 0 aliphatic carbocycles. The van der Waals surface area contributed by atoms with E-state index in [4.69, 9.17) is 4.74 Å². The van der Waals surface area contributed by atoms with Gasteiger partial charge in [0.05, 0.1) is 23.2 Å². The van der Waals surface area contributed by atoms with Gasteiger partial charge >= 0.3 is 0 Å². The molecule has 1 aliphatic heterocycles. The summed E-state index contributed by atoms with van der Waals surface area (Å²) in [7, 11) is -3.26. The summed E-state index contributed by atoms with van der Waals surface area (Å²) < 4.78 is 28.6. The van der Waals surface area contributed by atoms with Gasteiger partial charge in [0.25, 0.3) is 0 Å². The van der Waals surface area contributed by atoms with Crippen LogP contribution in [0.1, 0.15) is 31.4 Å². The van der Waals surface area contributed by atoms with Crippen molar-refractivity contribution in [2.75, 3.05) is 24.3 Å². The predicted octanol–water partition coefficient (Wildman–Crippen LogP) is 2.47. The minimum absolute atomic E-state index is 0.0735. The Balaban J connectivity index is 1.54. The third-order valence-electron chi connectivity index (χ3n) is 4.78. The van der Waals surface area contributed by atoms with Crippen LogP contribution in [0.5, 0.6) is 5.75 Å². The van der Waals surface area contributed by atoms with Crippen LogP contribution < -0.4 is 15.0 Å². The first kappa shape index (κ1) is 20.9. The number of nitrogens with one attached hydrogen (secondary N) is 1. The number of sulfone groups is 1. The average Bonchev–Trinajstić information content (AvgIpc) is 2.71. The molecule has 0 radical (unpaired) electrons. The maximum absolute atomic E-state index is 12.6. The van der Waals surface area contributed by atoms with Gasteiger partial charge in [0, 0.05) is 19.1 Å². The van der Waals surface area contributed by atoms with Crippen molar-refractivity contribution < 1.29 is 22.7 Å². The molecule has 0 aromatic heterocycles. The fourth-order valence-electron chi connectivity index (χ4n) is 3.18. The quantitative estimate of drug-likeness (QED) is 0.781. The molecule has 2 aromatic carbocycles. The Labute approximate surface area is 170 Å². The van der Waals surface area contributed by atoms with Gasteiger partial charge in [0.15, 0.2) is 9.84 Å². The van der Waals surface area contributed by atoms with Gasteiger partial charge in [-0.05, 0) is 36.8 Å². The Kier molecular flexibility index (Phi) is 6.22. The minimum Gasteiger partial charge on any atom is -0.490 e. The van der Waals surface area contributed by atoms with Crippen LogP contribution in [-0.4, -0.2) is 39.6 Å². The van der Waals surface area contributed by atoms with Gasteiger partial charge in [-0.15, -0.1) is 0 Å². The molecule has 29 heavy (non-hydrogen) atoms. The highest BCUT2D eigenvalue weighted by Gasteiger charge is 2.23. The average molecular weight is 416 g/mol. The van der Waals surface area contributed by atoms with Crippen LogP contribution in [-0.2, 0) is 19.4 Å². The van der Waals surface area contributed by atoms with E-state index in [1.165, 1.54) is 12.1 Å². The fourth-order valence-corrected chi connectivity index (χ4v) is 3.82. The summed E-state index contributed by atoms with van der Waals surface area (Å²) >= 11 is 0. The zero-order valence-electron chi connectivity index (χ0n) is 16.4. The van der Waals surface area contributed by atoms with E-state index in [9.17, 15) is 18.0 Å². The van der Waals surface area contributed by atoms with Crippen LogP contribution in [0.4, 0.5) is 5.69 Å². The smallest absolute Gasteiger partial charge is 0.227 e. The molecule has 1 aliphatic rings. The standard InChI is InChI=1S/C21H24N2O5S/c1-15(16-7-9-17(10-8-16)29(2,26)27)22-20(24)11-12-21(25)23-13-14-28-19-6-4-3-5-18(19)23/h3-10,15H,11-14H2,1-2H3,(H,22,24). The molecule has 1 heterocycles. The topological polar surface area (TPSA) is 92.8 Å². The Hall–Kier alpha value is -2.87. The van der Waals surface area contributed by atoms with Crippen molar-refractivity contribution >= 4 is 27.3 Å².